The molecule has 0 radical (unpaired) electrons. The lowest BCUT2D eigenvalue weighted by atomic mass is 10.2. The van der Waals surface area contributed by atoms with E-state index in [0.717, 1.165) is 11.3 Å². The number of amides is 2. The number of benzene rings is 1. The van der Waals surface area contributed by atoms with Crippen molar-refractivity contribution in [1.82, 2.24) is 14.9 Å². The van der Waals surface area contributed by atoms with E-state index in [1.807, 2.05) is 42.8 Å². The largest absolute Gasteiger partial charge is 0.356 e. The van der Waals surface area contributed by atoms with Crippen LogP contribution in [0.5, 0.6) is 0 Å². The van der Waals surface area contributed by atoms with Gasteiger partial charge in [-0.05, 0) is 6.07 Å². The maximum Gasteiger partial charge on any atom is 0.253 e. The molecule has 3 aromatic rings. The molecule has 0 aliphatic carbocycles. The third-order valence-corrected chi connectivity index (χ3v) is 4.08. The second-order valence-corrected chi connectivity index (χ2v) is 6.06. The van der Waals surface area contributed by atoms with E-state index in [-0.39, 0.29) is 18.4 Å². The van der Waals surface area contributed by atoms with Crippen LogP contribution in [0.3, 0.4) is 0 Å². The van der Waals surface area contributed by atoms with E-state index < -0.39 is 0 Å². The highest BCUT2D eigenvalue weighted by Gasteiger charge is 2.11. The molecule has 122 valence electrons. The van der Waals surface area contributed by atoms with Crippen LogP contribution >= 0.6 is 11.3 Å². The van der Waals surface area contributed by atoms with Crippen molar-refractivity contribution in [3.63, 3.8) is 0 Å². The van der Waals surface area contributed by atoms with E-state index in [1.165, 1.54) is 11.3 Å². The van der Waals surface area contributed by atoms with Crippen molar-refractivity contribution in [1.29, 1.82) is 0 Å². The van der Waals surface area contributed by atoms with Crippen molar-refractivity contribution < 1.29 is 9.59 Å². The van der Waals surface area contributed by atoms with Gasteiger partial charge in [0.1, 0.15) is 0 Å². The monoisotopic (exact) mass is 340 g/mol. The van der Waals surface area contributed by atoms with Gasteiger partial charge in [-0.1, -0.05) is 30.3 Å². The number of nitrogens with zero attached hydrogens (tertiary/aromatic N) is 2. The average Bonchev–Trinajstić information content (AvgIpc) is 3.23. The lowest BCUT2D eigenvalue weighted by Crippen LogP contribution is -2.32. The number of nitrogens with one attached hydrogen (secondary N) is 2. The molecule has 1 aromatic carbocycles. The predicted octanol–water partition coefficient (Wildman–Crippen LogP) is 2.52. The van der Waals surface area contributed by atoms with Gasteiger partial charge in [-0.25, -0.2) is 4.98 Å². The minimum absolute atomic E-state index is 0.103. The zero-order valence-corrected chi connectivity index (χ0v) is 13.8. The molecule has 0 aliphatic rings. The minimum Gasteiger partial charge on any atom is -0.356 e. The molecule has 24 heavy (non-hydrogen) atoms. The Morgan fingerprint density at radius 2 is 2.00 bits per heavy atom. The zero-order valence-electron chi connectivity index (χ0n) is 13.0. The number of hydrogen-bond donors (Lipinski definition) is 2. The summed E-state index contributed by atoms with van der Waals surface area (Å²) in [6, 6.07) is 11.4. The van der Waals surface area contributed by atoms with Gasteiger partial charge in [0.15, 0.2) is 5.13 Å². The lowest BCUT2D eigenvalue weighted by Gasteiger charge is -2.03. The molecular weight excluding hydrogens is 324 g/mol. The number of thiazole rings is 1. The third-order valence-electron chi connectivity index (χ3n) is 3.32. The normalized spacial score (nSPS) is 10.4. The molecule has 2 aromatic heterocycles. The molecule has 2 heterocycles. The molecule has 0 fully saturated rings. The first-order chi connectivity index (χ1) is 11.6. The number of carbonyl (C=O) groups is 2. The topological polar surface area (TPSA) is 76.0 Å². The second-order valence-electron chi connectivity index (χ2n) is 5.20. The van der Waals surface area contributed by atoms with Crippen molar-refractivity contribution >= 4 is 28.3 Å². The van der Waals surface area contributed by atoms with E-state index in [4.69, 9.17) is 0 Å². The number of aryl methyl sites for hydroxylation is 1. The molecule has 7 heteroatoms. The van der Waals surface area contributed by atoms with Crippen LogP contribution in [0.2, 0.25) is 0 Å². The first-order valence-electron chi connectivity index (χ1n) is 7.33. The van der Waals surface area contributed by atoms with E-state index in [0.29, 0.717) is 10.7 Å². The van der Waals surface area contributed by atoms with E-state index in [2.05, 4.69) is 15.6 Å². The summed E-state index contributed by atoms with van der Waals surface area (Å²) in [5, 5.41) is 7.67. The molecule has 0 saturated carbocycles. The van der Waals surface area contributed by atoms with Gasteiger partial charge >= 0.3 is 0 Å². The Kier molecular flexibility index (Phi) is 4.72. The molecular formula is C17H16N4O2S. The Labute approximate surface area is 143 Å². The van der Waals surface area contributed by atoms with Crippen molar-refractivity contribution in [3.8, 4) is 11.3 Å². The van der Waals surface area contributed by atoms with Gasteiger partial charge in [0.05, 0.1) is 17.8 Å². The Balaban J connectivity index is 1.54. The van der Waals surface area contributed by atoms with Crippen LogP contribution in [0.15, 0.2) is 54.2 Å². The average molecular weight is 340 g/mol. The minimum atomic E-state index is -0.312. The molecule has 0 spiro atoms. The van der Waals surface area contributed by atoms with Crippen LogP contribution in [0.1, 0.15) is 10.4 Å². The molecule has 0 bridgehead atoms. The third kappa shape index (κ3) is 3.88. The van der Waals surface area contributed by atoms with Gasteiger partial charge in [0.2, 0.25) is 5.91 Å². The Morgan fingerprint density at radius 1 is 1.21 bits per heavy atom. The highest BCUT2D eigenvalue weighted by atomic mass is 32.1. The van der Waals surface area contributed by atoms with Crippen molar-refractivity contribution in [2.45, 2.75) is 0 Å². The van der Waals surface area contributed by atoms with Gasteiger partial charge in [0.25, 0.3) is 5.91 Å². The fraction of sp³-hybridized carbons (Fsp3) is 0.118. The summed E-state index contributed by atoms with van der Waals surface area (Å²) in [6.07, 6.45) is 3.47. The summed E-state index contributed by atoms with van der Waals surface area (Å²) in [7, 11) is 1.83. The maximum absolute atomic E-state index is 11.9. The fourth-order valence-corrected chi connectivity index (χ4v) is 2.87. The first-order valence-corrected chi connectivity index (χ1v) is 8.21. The quantitative estimate of drug-likeness (QED) is 0.749. The summed E-state index contributed by atoms with van der Waals surface area (Å²) in [6.45, 7) is -0.103. The second kappa shape index (κ2) is 7.10. The summed E-state index contributed by atoms with van der Waals surface area (Å²) in [5.74, 6) is -0.594. The van der Waals surface area contributed by atoms with Gasteiger partial charge in [-0.15, -0.1) is 11.3 Å². The van der Waals surface area contributed by atoms with Crippen LogP contribution in [-0.4, -0.2) is 27.9 Å². The molecule has 6 nitrogen and oxygen atoms in total. The fourth-order valence-electron chi connectivity index (χ4n) is 2.14. The van der Waals surface area contributed by atoms with Crippen LogP contribution in [-0.2, 0) is 11.8 Å². The standard InChI is InChI=1S/C17H16N4O2S/c1-21-8-7-13(10-21)16(23)18-9-15(22)20-17-19-14(11-24-17)12-5-3-2-4-6-12/h2-8,10-11H,9H2,1H3,(H,18,23)(H,19,20,22). The first kappa shape index (κ1) is 15.9. The number of hydrogen-bond acceptors (Lipinski definition) is 4. The van der Waals surface area contributed by atoms with E-state index >= 15 is 0 Å². The van der Waals surface area contributed by atoms with Crippen molar-refractivity contribution in [2.75, 3.05) is 11.9 Å². The van der Waals surface area contributed by atoms with Crippen molar-refractivity contribution in [2.24, 2.45) is 7.05 Å². The Morgan fingerprint density at radius 3 is 2.71 bits per heavy atom. The Hall–Kier alpha value is -2.93. The van der Waals surface area contributed by atoms with E-state index in [1.54, 1.807) is 23.0 Å². The number of carbonyl (C=O) groups excluding carboxylic acids is 2. The van der Waals surface area contributed by atoms with Gasteiger partial charge in [0, 0.05) is 30.4 Å². The molecule has 2 amide bonds. The maximum atomic E-state index is 11.9. The highest BCUT2D eigenvalue weighted by Crippen LogP contribution is 2.24. The summed E-state index contributed by atoms with van der Waals surface area (Å²) >= 11 is 1.35. The molecule has 0 aliphatic heterocycles. The SMILES string of the molecule is Cn1ccc(C(=O)NCC(=O)Nc2nc(-c3ccccc3)cs2)c1. The van der Waals surface area contributed by atoms with Crippen LogP contribution in [0.25, 0.3) is 11.3 Å². The molecule has 2 N–H and O–H groups in total. The van der Waals surface area contributed by atoms with Gasteiger partial charge < -0.3 is 15.2 Å². The molecule has 3 rings (SSSR count). The number of anilines is 1. The predicted molar refractivity (Wildman–Crippen MR) is 93.9 cm³/mol. The number of rotatable bonds is 5. The summed E-state index contributed by atoms with van der Waals surface area (Å²) in [4.78, 5) is 28.2. The van der Waals surface area contributed by atoms with Crippen LogP contribution in [0.4, 0.5) is 5.13 Å². The summed E-state index contributed by atoms with van der Waals surface area (Å²) < 4.78 is 1.77. The van der Waals surface area contributed by atoms with Crippen molar-refractivity contribution in [3.05, 3.63) is 59.7 Å². The van der Waals surface area contributed by atoms with Gasteiger partial charge in [-0.3, -0.25) is 9.59 Å². The van der Waals surface area contributed by atoms with Crippen LogP contribution < -0.4 is 10.6 Å². The Bertz CT molecular complexity index is 854. The molecule has 0 unspecified atom stereocenters. The summed E-state index contributed by atoms with van der Waals surface area (Å²) in [5.41, 5.74) is 2.32. The van der Waals surface area contributed by atoms with E-state index in [9.17, 15) is 9.59 Å². The highest BCUT2D eigenvalue weighted by molar-refractivity contribution is 7.14. The number of aromatic nitrogens is 2. The molecule has 0 saturated heterocycles. The molecule has 0 atom stereocenters. The van der Waals surface area contributed by atoms with Crippen LogP contribution in [0, 0.1) is 0 Å². The smallest absolute Gasteiger partial charge is 0.253 e. The van der Waals surface area contributed by atoms with Gasteiger partial charge in [-0.2, -0.15) is 0 Å². The lowest BCUT2D eigenvalue weighted by molar-refractivity contribution is -0.115. The zero-order chi connectivity index (χ0) is 16.9.